The fourth-order valence-electron chi connectivity index (χ4n) is 3.15. The zero-order chi connectivity index (χ0) is 21.5. The molecule has 3 aromatic heterocycles. The van der Waals surface area contributed by atoms with Crippen LogP contribution in [0.5, 0.6) is 0 Å². The number of alkyl halides is 3. The summed E-state index contributed by atoms with van der Waals surface area (Å²) in [5.41, 5.74) is 1.70. The van der Waals surface area contributed by atoms with E-state index in [1.807, 2.05) is 19.9 Å². The molecule has 1 N–H and O–H groups in total. The number of amides is 1. The van der Waals surface area contributed by atoms with Gasteiger partial charge in [-0.25, -0.2) is 9.50 Å². The lowest BCUT2D eigenvalue weighted by Crippen LogP contribution is -2.13. The minimum Gasteiger partial charge on any atom is -0.320 e. The number of carbonyl (C=O) groups is 1. The number of halogens is 3. The molecule has 0 aliphatic carbocycles. The topological polar surface area (TPSA) is 72.2 Å². The number of anilines is 1. The van der Waals surface area contributed by atoms with Crippen molar-refractivity contribution in [2.75, 3.05) is 5.32 Å². The van der Waals surface area contributed by atoms with Crippen molar-refractivity contribution in [3.63, 3.8) is 0 Å². The number of hydrogen-bond donors (Lipinski definition) is 1. The van der Waals surface area contributed by atoms with Crippen LogP contribution in [0.4, 0.5) is 18.9 Å². The average Bonchev–Trinajstić information content (AvgIpc) is 3.13. The fraction of sp³-hybridized carbons (Fsp3) is 0.143. The fourth-order valence-corrected chi connectivity index (χ4v) is 3.15. The maximum Gasteiger partial charge on any atom is 0.417 e. The average molecular weight is 411 g/mol. The van der Waals surface area contributed by atoms with Crippen LogP contribution in [0.3, 0.4) is 0 Å². The van der Waals surface area contributed by atoms with Crippen LogP contribution in [0.2, 0.25) is 0 Å². The second kappa shape index (κ2) is 7.25. The molecule has 6 nitrogen and oxygen atoms in total. The van der Waals surface area contributed by atoms with Gasteiger partial charge in [-0.05, 0) is 37.6 Å². The van der Waals surface area contributed by atoms with Crippen LogP contribution in [0.15, 0.2) is 55.0 Å². The maximum atomic E-state index is 13.4. The molecule has 0 aliphatic rings. The van der Waals surface area contributed by atoms with Crippen molar-refractivity contribution >= 4 is 17.2 Å². The van der Waals surface area contributed by atoms with Gasteiger partial charge in [0.15, 0.2) is 5.65 Å². The highest BCUT2D eigenvalue weighted by molar-refractivity contribution is 6.08. The Balaban J connectivity index is 1.75. The maximum absolute atomic E-state index is 13.4. The normalized spacial score (nSPS) is 11.6. The predicted molar refractivity (Wildman–Crippen MR) is 105 cm³/mol. The first kappa shape index (κ1) is 19.6. The summed E-state index contributed by atoms with van der Waals surface area (Å²) < 4.78 is 41.5. The summed E-state index contributed by atoms with van der Waals surface area (Å²) in [7, 11) is 0. The largest absolute Gasteiger partial charge is 0.417 e. The van der Waals surface area contributed by atoms with Crippen molar-refractivity contribution in [1.82, 2.24) is 19.6 Å². The van der Waals surface area contributed by atoms with Crippen molar-refractivity contribution in [3.05, 3.63) is 77.4 Å². The zero-order valence-electron chi connectivity index (χ0n) is 16.0. The van der Waals surface area contributed by atoms with Crippen molar-refractivity contribution < 1.29 is 18.0 Å². The number of fused-ring (bicyclic) bond motifs is 1. The van der Waals surface area contributed by atoms with Crippen LogP contribution >= 0.6 is 0 Å². The Morgan fingerprint density at radius 3 is 2.60 bits per heavy atom. The number of aryl methyl sites for hydroxylation is 2. The lowest BCUT2D eigenvalue weighted by Gasteiger charge is -2.12. The van der Waals surface area contributed by atoms with E-state index < -0.39 is 17.6 Å². The van der Waals surface area contributed by atoms with Gasteiger partial charge in [-0.15, -0.1) is 0 Å². The highest BCUT2D eigenvalue weighted by atomic mass is 19.4. The van der Waals surface area contributed by atoms with E-state index in [1.54, 1.807) is 6.20 Å². The lowest BCUT2D eigenvalue weighted by atomic mass is 10.0. The Labute approximate surface area is 169 Å². The number of hydrogen-bond acceptors (Lipinski definition) is 4. The molecule has 0 spiro atoms. The Kier molecular flexibility index (Phi) is 4.73. The van der Waals surface area contributed by atoms with Crippen molar-refractivity contribution in [2.24, 2.45) is 0 Å². The highest BCUT2D eigenvalue weighted by Gasteiger charge is 2.33. The van der Waals surface area contributed by atoms with Crippen molar-refractivity contribution in [1.29, 1.82) is 0 Å². The summed E-state index contributed by atoms with van der Waals surface area (Å²) >= 11 is 0. The van der Waals surface area contributed by atoms with Gasteiger partial charge < -0.3 is 5.32 Å². The molecule has 0 fully saturated rings. The summed E-state index contributed by atoms with van der Waals surface area (Å²) in [6.07, 6.45) is -0.179. The van der Waals surface area contributed by atoms with Crippen LogP contribution in [0.25, 0.3) is 16.9 Å². The molecule has 152 valence electrons. The molecule has 0 bridgehead atoms. The number of rotatable bonds is 3. The lowest BCUT2D eigenvalue weighted by molar-refractivity contribution is -0.137. The third-order valence-corrected chi connectivity index (χ3v) is 4.62. The van der Waals surface area contributed by atoms with Gasteiger partial charge in [0.25, 0.3) is 5.91 Å². The quantitative estimate of drug-likeness (QED) is 0.531. The standard InChI is InChI=1S/C21H16F3N5O/c1-12-9-13(2)25-11-18(12)28-20(30)15-10-26-29-8-7-17(27-19(15)29)14-5-3-4-6-16(14)21(22,23)24/h3-11H,1-2H3,(H,28,30). The summed E-state index contributed by atoms with van der Waals surface area (Å²) in [4.78, 5) is 21.3. The first-order valence-corrected chi connectivity index (χ1v) is 8.99. The number of pyridine rings is 1. The van der Waals surface area contributed by atoms with Crippen LogP contribution in [-0.2, 0) is 6.18 Å². The Morgan fingerprint density at radius 1 is 1.10 bits per heavy atom. The molecule has 30 heavy (non-hydrogen) atoms. The highest BCUT2D eigenvalue weighted by Crippen LogP contribution is 2.36. The third-order valence-electron chi connectivity index (χ3n) is 4.62. The molecular formula is C21H16F3N5O. The van der Waals surface area contributed by atoms with Gasteiger partial charge in [0, 0.05) is 17.5 Å². The van der Waals surface area contributed by atoms with Gasteiger partial charge in [-0.3, -0.25) is 9.78 Å². The van der Waals surface area contributed by atoms with E-state index in [-0.39, 0.29) is 22.5 Å². The number of nitrogens with one attached hydrogen (secondary N) is 1. The molecule has 4 rings (SSSR count). The number of benzene rings is 1. The molecule has 0 radical (unpaired) electrons. The summed E-state index contributed by atoms with van der Waals surface area (Å²) in [5, 5.41) is 6.83. The van der Waals surface area contributed by atoms with E-state index in [1.165, 1.54) is 41.2 Å². The van der Waals surface area contributed by atoms with Crippen molar-refractivity contribution in [2.45, 2.75) is 20.0 Å². The second-order valence-corrected chi connectivity index (χ2v) is 6.78. The van der Waals surface area contributed by atoms with E-state index in [2.05, 4.69) is 20.4 Å². The van der Waals surface area contributed by atoms with Gasteiger partial charge in [0.05, 0.1) is 29.3 Å². The van der Waals surface area contributed by atoms with Crippen LogP contribution in [0, 0.1) is 13.8 Å². The van der Waals surface area contributed by atoms with Gasteiger partial charge >= 0.3 is 6.18 Å². The Morgan fingerprint density at radius 2 is 1.87 bits per heavy atom. The SMILES string of the molecule is Cc1cc(C)c(NC(=O)c2cnn3ccc(-c4ccccc4C(F)(F)F)nc23)cn1. The molecular weight excluding hydrogens is 395 g/mol. The predicted octanol–water partition coefficient (Wildman–Crippen LogP) is 4.68. The molecule has 0 atom stereocenters. The van der Waals surface area contributed by atoms with E-state index in [4.69, 9.17) is 0 Å². The summed E-state index contributed by atoms with van der Waals surface area (Å²) in [6, 6.07) is 8.43. The van der Waals surface area contributed by atoms with Crippen LogP contribution in [0.1, 0.15) is 27.2 Å². The Hall–Kier alpha value is -3.75. The van der Waals surface area contributed by atoms with E-state index in [9.17, 15) is 18.0 Å². The molecule has 1 amide bonds. The molecule has 4 aromatic rings. The number of aromatic nitrogens is 4. The molecule has 0 aliphatic heterocycles. The number of carbonyl (C=O) groups excluding carboxylic acids is 1. The van der Waals surface area contributed by atoms with Gasteiger partial charge in [-0.2, -0.15) is 18.3 Å². The molecule has 1 aromatic carbocycles. The monoisotopic (exact) mass is 411 g/mol. The van der Waals surface area contributed by atoms with E-state index >= 15 is 0 Å². The second-order valence-electron chi connectivity index (χ2n) is 6.78. The summed E-state index contributed by atoms with van der Waals surface area (Å²) in [5.74, 6) is -0.479. The minimum absolute atomic E-state index is 0.0707. The first-order chi connectivity index (χ1) is 14.2. The van der Waals surface area contributed by atoms with E-state index in [0.29, 0.717) is 5.69 Å². The molecule has 3 heterocycles. The van der Waals surface area contributed by atoms with Crippen LogP contribution in [-0.4, -0.2) is 25.5 Å². The third kappa shape index (κ3) is 3.61. The summed E-state index contributed by atoms with van der Waals surface area (Å²) in [6.45, 7) is 3.68. The van der Waals surface area contributed by atoms with Gasteiger partial charge in [0.1, 0.15) is 5.56 Å². The first-order valence-electron chi connectivity index (χ1n) is 8.99. The Bertz CT molecular complexity index is 1260. The van der Waals surface area contributed by atoms with Crippen molar-refractivity contribution in [3.8, 4) is 11.3 Å². The van der Waals surface area contributed by atoms with E-state index in [0.717, 1.165) is 17.3 Å². The number of nitrogens with zero attached hydrogens (tertiary/aromatic N) is 4. The molecule has 9 heteroatoms. The zero-order valence-corrected chi connectivity index (χ0v) is 16.0. The minimum atomic E-state index is -4.53. The molecule has 0 saturated heterocycles. The molecule has 0 unspecified atom stereocenters. The molecule has 0 saturated carbocycles. The smallest absolute Gasteiger partial charge is 0.320 e. The van der Waals surface area contributed by atoms with Gasteiger partial charge in [-0.1, -0.05) is 18.2 Å². The van der Waals surface area contributed by atoms with Crippen LogP contribution < -0.4 is 5.32 Å². The van der Waals surface area contributed by atoms with Gasteiger partial charge in [0.2, 0.25) is 0 Å².